The number of nitrogens with zero attached hydrogens (tertiary/aromatic N) is 2. The summed E-state index contributed by atoms with van der Waals surface area (Å²) in [7, 11) is 3.55. The average molecular weight is 388 g/mol. The standard InChI is InChI=1S/C22H33N3O3/c1-14(2)13-28-20-10-8-18(12-21(20)27-7)15(3)23-22(26)11-9-19-16(4)24-25(6)17(19)5/h8,10,12,14-15H,9,11,13H2,1-7H3,(H,23,26). The van der Waals surface area contributed by atoms with E-state index in [1.807, 2.05) is 50.7 Å². The van der Waals surface area contributed by atoms with Gasteiger partial charge in [-0.25, -0.2) is 0 Å². The van der Waals surface area contributed by atoms with E-state index in [2.05, 4.69) is 24.3 Å². The summed E-state index contributed by atoms with van der Waals surface area (Å²) in [6.07, 6.45) is 1.12. The van der Waals surface area contributed by atoms with Crippen LogP contribution in [0.4, 0.5) is 0 Å². The van der Waals surface area contributed by atoms with Crippen LogP contribution < -0.4 is 14.8 Å². The van der Waals surface area contributed by atoms with Crippen LogP contribution in [0.3, 0.4) is 0 Å². The number of carbonyl (C=O) groups excluding carboxylic acids is 1. The SMILES string of the molecule is COc1cc(C(C)NC(=O)CCc2c(C)nn(C)c2C)ccc1OCC(C)C. The fourth-order valence-electron chi connectivity index (χ4n) is 3.14. The molecule has 6 nitrogen and oxygen atoms in total. The molecule has 1 aromatic heterocycles. The zero-order valence-corrected chi connectivity index (χ0v) is 18.1. The molecule has 1 aromatic carbocycles. The van der Waals surface area contributed by atoms with E-state index in [0.29, 0.717) is 31.1 Å². The summed E-state index contributed by atoms with van der Waals surface area (Å²) < 4.78 is 13.1. The van der Waals surface area contributed by atoms with Gasteiger partial charge in [-0.3, -0.25) is 9.48 Å². The summed E-state index contributed by atoms with van der Waals surface area (Å²) in [6.45, 7) is 10.8. The molecule has 1 unspecified atom stereocenters. The molecule has 0 aliphatic carbocycles. The molecular weight excluding hydrogens is 354 g/mol. The minimum atomic E-state index is -0.114. The Kier molecular flexibility index (Phi) is 7.49. The van der Waals surface area contributed by atoms with Gasteiger partial charge in [0.15, 0.2) is 11.5 Å². The number of hydrogen-bond donors (Lipinski definition) is 1. The van der Waals surface area contributed by atoms with Gasteiger partial charge in [-0.2, -0.15) is 5.10 Å². The van der Waals surface area contributed by atoms with Gasteiger partial charge in [0.05, 0.1) is 25.5 Å². The minimum absolute atomic E-state index is 0.0225. The summed E-state index contributed by atoms with van der Waals surface area (Å²) in [5.41, 5.74) is 4.23. The smallest absolute Gasteiger partial charge is 0.220 e. The van der Waals surface area contributed by atoms with E-state index in [0.717, 1.165) is 28.3 Å². The predicted octanol–water partition coefficient (Wildman–Crippen LogP) is 3.89. The molecule has 0 fully saturated rings. The first-order valence-corrected chi connectivity index (χ1v) is 9.82. The van der Waals surface area contributed by atoms with Crippen molar-refractivity contribution in [1.82, 2.24) is 15.1 Å². The normalized spacial score (nSPS) is 12.1. The van der Waals surface area contributed by atoms with Gasteiger partial charge < -0.3 is 14.8 Å². The second-order valence-electron chi connectivity index (χ2n) is 7.68. The van der Waals surface area contributed by atoms with Gasteiger partial charge in [-0.1, -0.05) is 19.9 Å². The van der Waals surface area contributed by atoms with Crippen LogP contribution in [-0.2, 0) is 18.3 Å². The van der Waals surface area contributed by atoms with Crippen LogP contribution in [0.25, 0.3) is 0 Å². The molecule has 1 heterocycles. The van der Waals surface area contributed by atoms with Crippen LogP contribution in [0.1, 0.15) is 55.7 Å². The maximum atomic E-state index is 12.4. The highest BCUT2D eigenvalue weighted by Gasteiger charge is 2.15. The third-order valence-electron chi connectivity index (χ3n) is 4.90. The van der Waals surface area contributed by atoms with Crippen molar-refractivity contribution in [2.75, 3.05) is 13.7 Å². The number of nitrogens with one attached hydrogen (secondary N) is 1. The molecule has 0 bridgehead atoms. The van der Waals surface area contributed by atoms with Crippen LogP contribution in [0.15, 0.2) is 18.2 Å². The molecule has 28 heavy (non-hydrogen) atoms. The van der Waals surface area contributed by atoms with E-state index in [4.69, 9.17) is 9.47 Å². The fourth-order valence-corrected chi connectivity index (χ4v) is 3.14. The van der Waals surface area contributed by atoms with Gasteiger partial charge in [0, 0.05) is 19.2 Å². The Hall–Kier alpha value is -2.50. The maximum Gasteiger partial charge on any atom is 0.220 e. The van der Waals surface area contributed by atoms with Crippen LogP contribution in [0, 0.1) is 19.8 Å². The first-order chi connectivity index (χ1) is 13.2. The zero-order valence-electron chi connectivity index (χ0n) is 18.1. The van der Waals surface area contributed by atoms with Crippen molar-refractivity contribution in [3.63, 3.8) is 0 Å². The van der Waals surface area contributed by atoms with Crippen molar-refractivity contribution < 1.29 is 14.3 Å². The summed E-state index contributed by atoms with van der Waals surface area (Å²) in [4.78, 5) is 12.4. The van der Waals surface area contributed by atoms with Crippen molar-refractivity contribution in [2.45, 2.75) is 53.5 Å². The number of hydrogen-bond acceptors (Lipinski definition) is 4. The molecule has 0 saturated carbocycles. The summed E-state index contributed by atoms with van der Waals surface area (Å²) >= 11 is 0. The Morgan fingerprint density at radius 2 is 1.93 bits per heavy atom. The quantitative estimate of drug-likeness (QED) is 0.709. The molecule has 1 amide bonds. The van der Waals surface area contributed by atoms with Gasteiger partial charge in [0.25, 0.3) is 0 Å². The van der Waals surface area contributed by atoms with Gasteiger partial charge in [-0.05, 0) is 56.4 Å². The minimum Gasteiger partial charge on any atom is -0.493 e. The van der Waals surface area contributed by atoms with Gasteiger partial charge in [0.1, 0.15) is 0 Å². The van der Waals surface area contributed by atoms with Crippen molar-refractivity contribution in [1.29, 1.82) is 0 Å². The first kappa shape index (κ1) is 21.8. The molecule has 0 radical (unpaired) electrons. The third kappa shape index (κ3) is 5.50. The lowest BCUT2D eigenvalue weighted by Gasteiger charge is -2.18. The Bertz CT molecular complexity index is 812. The number of methoxy groups -OCH3 is 1. The van der Waals surface area contributed by atoms with Crippen molar-refractivity contribution >= 4 is 5.91 Å². The van der Waals surface area contributed by atoms with Gasteiger partial charge in [0.2, 0.25) is 5.91 Å². The van der Waals surface area contributed by atoms with E-state index < -0.39 is 0 Å². The molecule has 0 aliphatic heterocycles. The van der Waals surface area contributed by atoms with Gasteiger partial charge >= 0.3 is 0 Å². The molecule has 0 aliphatic rings. The van der Waals surface area contributed by atoms with Crippen LogP contribution >= 0.6 is 0 Å². The first-order valence-electron chi connectivity index (χ1n) is 9.82. The molecule has 2 rings (SSSR count). The molecule has 1 atom stereocenters. The number of amides is 1. The average Bonchev–Trinajstić information content (AvgIpc) is 2.89. The number of aromatic nitrogens is 2. The van der Waals surface area contributed by atoms with Crippen molar-refractivity contribution in [3.05, 3.63) is 40.7 Å². The Balaban J connectivity index is 1.97. The van der Waals surface area contributed by atoms with E-state index in [9.17, 15) is 4.79 Å². The fraction of sp³-hybridized carbons (Fsp3) is 0.545. The lowest BCUT2D eigenvalue weighted by Crippen LogP contribution is -2.27. The molecule has 0 spiro atoms. The molecular formula is C22H33N3O3. The van der Waals surface area contributed by atoms with Crippen molar-refractivity contribution in [2.24, 2.45) is 13.0 Å². The predicted molar refractivity (Wildman–Crippen MR) is 111 cm³/mol. The maximum absolute atomic E-state index is 12.4. The van der Waals surface area contributed by atoms with Crippen LogP contribution in [0.2, 0.25) is 0 Å². The van der Waals surface area contributed by atoms with Crippen molar-refractivity contribution in [3.8, 4) is 11.5 Å². The van der Waals surface area contributed by atoms with E-state index in [1.54, 1.807) is 7.11 Å². The van der Waals surface area contributed by atoms with Gasteiger partial charge in [-0.15, -0.1) is 0 Å². The lowest BCUT2D eigenvalue weighted by molar-refractivity contribution is -0.121. The number of ether oxygens (including phenoxy) is 2. The Morgan fingerprint density at radius 1 is 1.21 bits per heavy atom. The number of rotatable bonds is 9. The molecule has 6 heteroatoms. The summed E-state index contributed by atoms with van der Waals surface area (Å²) in [5, 5.41) is 7.48. The third-order valence-corrected chi connectivity index (χ3v) is 4.90. The van der Waals surface area contributed by atoms with E-state index in [1.165, 1.54) is 0 Å². The highest BCUT2D eigenvalue weighted by Crippen LogP contribution is 2.30. The molecule has 2 aromatic rings. The summed E-state index contributed by atoms with van der Waals surface area (Å²) in [5.74, 6) is 1.87. The monoisotopic (exact) mass is 387 g/mol. The largest absolute Gasteiger partial charge is 0.493 e. The van der Waals surface area contributed by atoms with E-state index >= 15 is 0 Å². The van der Waals surface area contributed by atoms with E-state index in [-0.39, 0.29) is 11.9 Å². The number of carbonyl (C=O) groups is 1. The topological polar surface area (TPSA) is 65.4 Å². The molecule has 1 N–H and O–H groups in total. The molecule has 154 valence electrons. The number of aryl methyl sites for hydroxylation is 2. The van der Waals surface area contributed by atoms with Crippen LogP contribution in [-0.4, -0.2) is 29.4 Å². The number of benzene rings is 1. The highest BCUT2D eigenvalue weighted by molar-refractivity contribution is 5.76. The van der Waals surface area contributed by atoms with Crippen LogP contribution in [0.5, 0.6) is 11.5 Å². The second-order valence-corrected chi connectivity index (χ2v) is 7.68. The zero-order chi connectivity index (χ0) is 20.8. The summed E-state index contributed by atoms with van der Waals surface area (Å²) in [6, 6.07) is 5.69. The molecule has 0 saturated heterocycles. The Labute approximate surface area is 168 Å². The second kappa shape index (κ2) is 9.62. The highest BCUT2D eigenvalue weighted by atomic mass is 16.5. The Morgan fingerprint density at radius 3 is 2.50 bits per heavy atom. The lowest BCUT2D eigenvalue weighted by atomic mass is 10.1.